The van der Waals surface area contributed by atoms with Gasteiger partial charge in [-0.3, -0.25) is 0 Å². The third-order valence-electron chi connectivity index (χ3n) is 4.03. The highest BCUT2D eigenvalue weighted by Gasteiger charge is 2.19. The van der Waals surface area contributed by atoms with Crippen LogP contribution < -0.4 is 0 Å². The van der Waals surface area contributed by atoms with Crippen LogP contribution in [0.25, 0.3) is 16.9 Å². The molecule has 0 atom stereocenters. The predicted octanol–water partition coefficient (Wildman–Crippen LogP) is 4.81. The Morgan fingerprint density at radius 1 is 1.00 bits per heavy atom. The highest BCUT2D eigenvalue weighted by Crippen LogP contribution is 2.33. The van der Waals surface area contributed by atoms with Gasteiger partial charge in [0.15, 0.2) is 0 Å². The molecule has 0 amide bonds. The normalized spacial score (nSPS) is 10.9. The molecule has 1 aromatic heterocycles. The summed E-state index contributed by atoms with van der Waals surface area (Å²) < 4.78 is 1.65. The molecule has 3 rings (SSSR count). The molecule has 3 heteroatoms. The number of rotatable bonds is 4. The summed E-state index contributed by atoms with van der Waals surface area (Å²) in [5.41, 5.74) is 6.07. The van der Waals surface area contributed by atoms with E-state index in [1.807, 2.05) is 31.2 Å². The Balaban J connectivity index is 2.16. The second-order valence-electron chi connectivity index (χ2n) is 6.02. The maximum Gasteiger partial charge on any atom is 0.218 e. The SMILES string of the molecule is CCCc1c(-c2ccc(C)cc2)nn(-c2cccc(C)c2)c1O. The number of benzene rings is 2. The molecule has 0 saturated carbocycles. The van der Waals surface area contributed by atoms with Crippen molar-refractivity contribution in [3.8, 4) is 22.8 Å². The zero-order valence-electron chi connectivity index (χ0n) is 13.9. The lowest BCUT2D eigenvalue weighted by atomic mass is 10.0. The van der Waals surface area contributed by atoms with E-state index in [9.17, 15) is 5.11 Å². The van der Waals surface area contributed by atoms with Gasteiger partial charge in [-0.15, -0.1) is 0 Å². The Morgan fingerprint density at radius 3 is 2.39 bits per heavy atom. The van der Waals surface area contributed by atoms with Crippen molar-refractivity contribution in [3.63, 3.8) is 0 Å². The van der Waals surface area contributed by atoms with Crippen molar-refractivity contribution < 1.29 is 5.11 Å². The predicted molar refractivity (Wildman–Crippen MR) is 94.1 cm³/mol. The minimum atomic E-state index is 0.244. The van der Waals surface area contributed by atoms with Crippen molar-refractivity contribution in [1.82, 2.24) is 9.78 Å². The lowest BCUT2D eigenvalue weighted by Crippen LogP contribution is -1.96. The molecule has 0 aliphatic rings. The summed E-state index contributed by atoms with van der Waals surface area (Å²) >= 11 is 0. The molecule has 0 bridgehead atoms. The highest BCUT2D eigenvalue weighted by molar-refractivity contribution is 5.66. The van der Waals surface area contributed by atoms with Gasteiger partial charge in [0, 0.05) is 11.1 Å². The summed E-state index contributed by atoms with van der Waals surface area (Å²) in [5, 5.41) is 15.4. The van der Waals surface area contributed by atoms with Gasteiger partial charge in [0.2, 0.25) is 5.88 Å². The van der Waals surface area contributed by atoms with Crippen LogP contribution >= 0.6 is 0 Å². The van der Waals surface area contributed by atoms with E-state index in [2.05, 4.69) is 38.1 Å². The van der Waals surface area contributed by atoms with Gasteiger partial charge >= 0.3 is 0 Å². The van der Waals surface area contributed by atoms with E-state index in [4.69, 9.17) is 5.10 Å². The molecule has 1 N–H and O–H groups in total. The van der Waals surface area contributed by atoms with E-state index in [1.165, 1.54) is 5.56 Å². The monoisotopic (exact) mass is 306 g/mol. The zero-order chi connectivity index (χ0) is 16.4. The summed E-state index contributed by atoms with van der Waals surface area (Å²) in [4.78, 5) is 0. The van der Waals surface area contributed by atoms with Gasteiger partial charge in [0.05, 0.1) is 11.4 Å². The summed E-state index contributed by atoms with van der Waals surface area (Å²) in [5.74, 6) is 0.244. The number of nitrogens with zero attached hydrogens (tertiary/aromatic N) is 2. The highest BCUT2D eigenvalue weighted by atomic mass is 16.3. The largest absolute Gasteiger partial charge is 0.493 e. The van der Waals surface area contributed by atoms with Crippen LogP contribution in [0.2, 0.25) is 0 Å². The zero-order valence-corrected chi connectivity index (χ0v) is 13.9. The maximum atomic E-state index is 10.7. The fourth-order valence-electron chi connectivity index (χ4n) is 2.80. The second kappa shape index (κ2) is 6.29. The van der Waals surface area contributed by atoms with E-state index in [0.29, 0.717) is 0 Å². The Bertz CT molecular complexity index is 816. The first-order chi connectivity index (χ1) is 11.1. The Hall–Kier alpha value is -2.55. The van der Waals surface area contributed by atoms with Gasteiger partial charge in [0.25, 0.3) is 0 Å². The van der Waals surface area contributed by atoms with Crippen molar-refractivity contribution in [2.75, 3.05) is 0 Å². The van der Waals surface area contributed by atoms with E-state index in [1.54, 1.807) is 4.68 Å². The molecule has 0 fully saturated rings. The van der Waals surface area contributed by atoms with E-state index in [0.717, 1.165) is 40.9 Å². The Labute approximate surface area is 137 Å². The topological polar surface area (TPSA) is 38.0 Å². The van der Waals surface area contributed by atoms with Gasteiger partial charge in [-0.1, -0.05) is 55.3 Å². The number of aromatic nitrogens is 2. The molecule has 0 aliphatic heterocycles. The number of aryl methyl sites for hydroxylation is 2. The summed E-state index contributed by atoms with van der Waals surface area (Å²) in [6.45, 7) is 6.22. The molecule has 0 saturated heterocycles. The van der Waals surface area contributed by atoms with E-state index >= 15 is 0 Å². The molecular formula is C20H22N2O. The summed E-state index contributed by atoms with van der Waals surface area (Å²) in [6.07, 6.45) is 1.77. The quantitative estimate of drug-likeness (QED) is 0.751. The second-order valence-corrected chi connectivity index (χ2v) is 6.02. The molecule has 0 aliphatic carbocycles. The third kappa shape index (κ3) is 3.00. The van der Waals surface area contributed by atoms with Crippen molar-refractivity contribution in [3.05, 3.63) is 65.2 Å². The summed E-state index contributed by atoms with van der Waals surface area (Å²) in [7, 11) is 0. The first-order valence-electron chi connectivity index (χ1n) is 8.05. The van der Waals surface area contributed by atoms with E-state index < -0.39 is 0 Å². The maximum absolute atomic E-state index is 10.7. The van der Waals surface area contributed by atoms with Crippen LogP contribution in [0, 0.1) is 13.8 Å². The van der Waals surface area contributed by atoms with Gasteiger partial charge in [-0.25, -0.2) is 4.68 Å². The summed E-state index contributed by atoms with van der Waals surface area (Å²) in [6, 6.07) is 16.3. The van der Waals surface area contributed by atoms with Crippen molar-refractivity contribution in [2.24, 2.45) is 0 Å². The molecule has 2 aromatic carbocycles. The lowest BCUT2D eigenvalue weighted by Gasteiger charge is -2.04. The third-order valence-corrected chi connectivity index (χ3v) is 4.03. The minimum absolute atomic E-state index is 0.244. The Morgan fingerprint density at radius 2 is 1.74 bits per heavy atom. The average Bonchev–Trinajstić information content (AvgIpc) is 2.86. The van der Waals surface area contributed by atoms with Gasteiger partial charge < -0.3 is 5.11 Å². The van der Waals surface area contributed by atoms with Crippen LogP contribution in [0.15, 0.2) is 48.5 Å². The number of hydrogen-bond donors (Lipinski definition) is 1. The van der Waals surface area contributed by atoms with Crippen molar-refractivity contribution >= 4 is 0 Å². The van der Waals surface area contributed by atoms with Gasteiger partial charge in [-0.05, 0) is 38.0 Å². The van der Waals surface area contributed by atoms with Crippen LogP contribution in [0.1, 0.15) is 30.0 Å². The first kappa shape index (κ1) is 15.3. The van der Waals surface area contributed by atoms with Gasteiger partial charge in [-0.2, -0.15) is 5.10 Å². The van der Waals surface area contributed by atoms with Crippen LogP contribution in [0.3, 0.4) is 0 Å². The van der Waals surface area contributed by atoms with Crippen LogP contribution in [-0.2, 0) is 6.42 Å². The molecule has 3 aromatic rings. The average molecular weight is 306 g/mol. The van der Waals surface area contributed by atoms with Gasteiger partial charge in [0.1, 0.15) is 0 Å². The van der Waals surface area contributed by atoms with Crippen LogP contribution in [-0.4, -0.2) is 14.9 Å². The molecule has 1 heterocycles. The van der Waals surface area contributed by atoms with Crippen LogP contribution in [0.5, 0.6) is 5.88 Å². The van der Waals surface area contributed by atoms with E-state index in [-0.39, 0.29) is 5.88 Å². The van der Waals surface area contributed by atoms with Crippen molar-refractivity contribution in [1.29, 1.82) is 0 Å². The molecule has 0 radical (unpaired) electrons. The molecule has 3 nitrogen and oxygen atoms in total. The fraction of sp³-hybridized carbons (Fsp3) is 0.250. The molecule has 23 heavy (non-hydrogen) atoms. The molecular weight excluding hydrogens is 284 g/mol. The number of aromatic hydroxyl groups is 1. The van der Waals surface area contributed by atoms with Crippen LogP contribution in [0.4, 0.5) is 0 Å². The number of hydrogen-bond acceptors (Lipinski definition) is 2. The molecule has 118 valence electrons. The standard InChI is InChI=1S/C20H22N2O/c1-4-6-18-19(16-11-9-14(2)10-12-16)21-22(20(18)23)17-8-5-7-15(3)13-17/h5,7-13,23H,4,6H2,1-3H3. The molecule has 0 spiro atoms. The smallest absolute Gasteiger partial charge is 0.218 e. The minimum Gasteiger partial charge on any atom is -0.493 e. The Kier molecular flexibility index (Phi) is 4.20. The first-order valence-corrected chi connectivity index (χ1v) is 8.05. The fourth-order valence-corrected chi connectivity index (χ4v) is 2.80. The lowest BCUT2D eigenvalue weighted by molar-refractivity contribution is 0.427. The molecule has 0 unspecified atom stereocenters. The van der Waals surface area contributed by atoms with Crippen molar-refractivity contribution in [2.45, 2.75) is 33.6 Å².